The molecular formula is C17H21NO4. The highest BCUT2D eigenvalue weighted by molar-refractivity contribution is 5.81. The van der Waals surface area contributed by atoms with Gasteiger partial charge in [0.05, 0.1) is 6.10 Å². The van der Waals surface area contributed by atoms with E-state index in [-0.39, 0.29) is 19.1 Å². The third-order valence-corrected chi connectivity index (χ3v) is 3.00. The SMILES string of the molecule is C#CCC(NC(=O)OCc1ccccc1)C(=O)OC(C)CC. The first kappa shape index (κ1) is 17.6. The summed E-state index contributed by atoms with van der Waals surface area (Å²) in [5.41, 5.74) is 0.855. The number of rotatable bonds is 7. The fourth-order valence-corrected chi connectivity index (χ4v) is 1.58. The molecule has 0 aliphatic carbocycles. The summed E-state index contributed by atoms with van der Waals surface area (Å²) in [6, 6.07) is 8.34. The Bertz CT molecular complexity index is 521. The lowest BCUT2D eigenvalue weighted by molar-refractivity contribution is -0.150. The normalized spacial score (nSPS) is 12.6. The van der Waals surface area contributed by atoms with Crippen LogP contribution < -0.4 is 5.32 Å². The van der Waals surface area contributed by atoms with Crippen LogP contribution in [0.25, 0.3) is 0 Å². The van der Waals surface area contributed by atoms with Gasteiger partial charge in [-0.05, 0) is 18.9 Å². The second kappa shape index (κ2) is 9.46. The van der Waals surface area contributed by atoms with Crippen LogP contribution >= 0.6 is 0 Å². The largest absolute Gasteiger partial charge is 0.461 e. The van der Waals surface area contributed by atoms with Gasteiger partial charge in [-0.1, -0.05) is 37.3 Å². The maximum Gasteiger partial charge on any atom is 0.408 e. The lowest BCUT2D eigenvalue weighted by Gasteiger charge is -2.18. The number of hydrogen-bond donors (Lipinski definition) is 1. The van der Waals surface area contributed by atoms with Crippen molar-refractivity contribution < 1.29 is 19.1 Å². The van der Waals surface area contributed by atoms with Crippen molar-refractivity contribution in [2.75, 3.05) is 0 Å². The van der Waals surface area contributed by atoms with E-state index in [9.17, 15) is 9.59 Å². The topological polar surface area (TPSA) is 64.6 Å². The lowest BCUT2D eigenvalue weighted by atomic mass is 10.2. The number of amides is 1. The molecule has 1 aromatic carbocycles. The maximum absolute atomic E-state index is 11.9. The summed E-state index contributed by atoms with van der Waals surface area (Å²) in [7, 11) is 0. The molecule has 1 aromatic rings. The zero-order valence-electron chi connectivity index (χ0n) is 12.9. The Morgan fingerprint density at radius 3 is 2.59 bits per heavy atom. The van der Waals surface area contributed by atoms with Gasteiger partial charge in [-0.2, -0.15) is 0 Å². The van der Waals surface area contributed by atoms with E-state index in [1.807, 2.05) is 37.3 Å². The molecule has 0 aliphatic rings. The Hall–Kier alpha value is -2.48. The van der Waals surface area contributed by atoms with Gasteiger partial charge in [-0.15, -0.1) is 12.3 Å². The summed E-state index contributed by atoms with van der Waals surface area (Å²) in [5.74, 6) is 1.80. The molecule has 0 saturated carbocycles. The molecule has 0 aliphatic heterocycles. The summed E-state index contributed by atoms with van der Waals surface area (Å²) >= 11 is 0. The number of carbonyl (C=O) groups excluding carboxylic acids is 2. The first-order valence-electron chi connectivity index (χ1n) is 7.18. The molecule has 0 aromatic heterocycles. The van der Waals surface area contributed by atoms with Crippen LogP contribution in [0.2, 0.25) is 0 Å². The van der Waals surface area contributed by atoms with Crippen LogP contribution in [-0.2, 0) is 20.9 Å². The molecule has 2 unspecified atom stereocenters. The van der Waals surface area contributed by atoms with E-state index in [0.717, 1.165) is 5.56 Å². The maximum atomic E-state index is 11.9. The minimum absolute atomic E-state index is 0.0513. The van der Waals surface area contributed by atoms with E-state index in [1.54, 1.807) is 6.92 Å². The summed E-state index contributed by atoms with van der Waals surface area (Å²) in [6.45, 7) is 3.80. The number of ether oxygens (including phenoxy) is 2. The zero-order chi connectivity index (χ0) is 16.4. The number of alkyl carbamates (subject to hydrolysis) is 1. The molecule has 1 rings (SSSR count). The van der Waals surface area contributed by atoms with Crippen molar-refractivity contribution >= 4 is 12.1 Å². The molecule has 1 amide bonds. The quantitative estimate of drug-likeness (QED) is 0.621. The minimum atomic E-state index is -0.901. The van der Waals surface area contributed by atoms with Gasteiger partial charge in [0.25, 0.3) is 0 Å². The monoisotopic (exact) mass is 303 g/mol. The standard InChI is InChI=1S/C17H21NO4/c1-4-9-15(16(19)22-13(3)5-2)18-17(20)21-12-14-10-7-6-8-11-14/h1,6-8,10-11,13,15H,5,9,12H2,2-3H3,(H,18,20). The van der Waals surface area contributed by atoms with Crippen LogP contribution in [0.4, 0.5) is 4.79 Å². The second-order valence-corrected chi connectivity index (χ2v) is 4.82. The fraction of sp³-hybridized carbons (Fsp3) is 0.412. The van der Waals surface area contributed by atoms with Crippen LogP contribution in [0.1, 0.15) is 32.3 Å². The van der Waals surface area contributed by atoms with Crippen molar-refractivity contribution in [1.82, 2.24) is 5.32 Å². The van der Waals surface area contributed by atoms with Gasteiger partial charge in [0, 0.05) is 6.42 Å². The number of benzene rings is 1. The van der Waals surface area contributed by atoms with E-state index in [4.69, 9.17) is 15.9 Å². The highest BCUT2D eigenvalue weighted by Gasteiger charge is 2.23. The van der Waals surface area contributed by atoms with Gasteiger partial charge in [0.1, 0.15) is 12.6 Å². The van der Waals surface area contributed by atoms with Crippen molar-refractivity contribution in [3.05, 3.63) is 35.9 Å². The van der Waals surface area contributed by atoms with Gasteiger partial charge in [0.2, 0.25) is 0 Å². The molecule has 22 heavy (non-hydrogen) atoms. The predicted molar refractivity (Wildman–Crippen MR) is 82.8 cm³/mol. The smallest absolute Gasteiger partial charge is 0.408 e. The number of nitrogens with one attached hydrogen (secondary N) is 1. The Morgan fingerprint density at radius 2 is 2.00 bits per heavy atom. The summed E-state index contributed by atoms with van der Waals surface area (Å²) in [5, 5.41) is 2.44. The highest BCUT2D eigenvalue weighted by atomic mass is 16.6. The molecule has 0 fully saturated rings. The van der Waals surface area contributed by atoms with E-state index in [0.29, 0.717) is 6.42 Å². The van der Waals surface area contributed by atoms with Crippen LogP contribution in [0.15, 0.2) is 30.3 Å². The third kappa shape index (κ3) is 6.31. The average Bonchev–Trinajstić information content (AvgIpc) is 2.53. The number of esters is 1. The van der Waals surface area contributed by atoms with E-state index >= 15 is 0 Å². The summed E-state index contributed by atoms with van der Waals surface area (Å²) in [6.07, 6.45) is 5.03. The third-order valence-electron chi connectivity index (χ3n) is 3.00. The van der Waals surface area contributed by atoms with Gasteiger partial charge >= 0.3 is 12.1 Å². The Morgan fingerprint density at radius 1 is 1.32 bits per heavy atom. The molecule has 5 nitrogen and oxygen atoms in total. The molecule has 2 atom stereocenters. The molecule has 0 radical (unpaired) electrons. The Balaban J connectivity index is 2.50. The fourth-order valence-electron chi connectivity index (χ4n) is 1.58. The molecule has 1 N–H and O–H groups in total. The molecule has 0 saturated heterocycles. The Labute approximate surface area is 131 Å². The molecule has 0 spiro atoms. The van der Waals surface area contributed by atoms with Crippen molar-refractivity contribution in [3.63, 3.8) is 0 Å². The number of terminal acetylenes is 1. The van der Waals surface area contributed by atoms with Crippen molar-refractivity contribution in [3.8, 4) is 12.3 Å². The zero-order valence-corrected chi connectivity index (χ0v) is 12.9. The van der Waals surface area contributed by atoms with Crippen molar-refractivity contribution in [2.24, 2.45) is 0 Å². The minimum Gasteiger partial charge on any atom is -0.461 e. The molecule has 0 bridgehead atoms. The van der Waals surface area contributed by atoms with Crippen LogP contribution in [0.5, 0.6) is 0 Å². The molecule has 5 heteroatoms. The van der Waals surface area contributed by atoms with Gasteiger partial charge in [0.15, 0.2) is 0 Å². The second-order valence-electron chi connectivity index (χ2n) is 4.82. The molecular weight excluding hydrogens is 282 g/mol. The summed E-state index contributed by atoms with van der Waals surface area (Å²) in [4.78, 5) is 23.7. The first-order chi connectivity index (χ1) is 10.6. The molecule has 0 heterocycles. The van der Waals surface area contributed by atoms with Crippen LogP contribution in [0, 0.1) is 12.3 Å². The van der Waals surface area contributed by atoms with Gasteiger partial charge < -0.3 is 14.8 Å². The van der Waals surface area contributed by atoms with E-state index < -0.39 is 18.1 Å². The first-order valence-corrected chi connectivity index (χ1v) is 7.18. The predicted octanol–water partition coefficient (Wildman–Crippen LogP) is 2.65. The number of hydrogen-bond acceptors (Lipinski definition) is 4. The van der Waals surface area contributed by atoms with E-state index in [1.165, 1.54) is 0 Å². The van der Waals surface area contributed by atoms with Crippen LogP contribution in [-0.4, -0.2) is 24.2 Å². The van der Waals surface area contributed by atoms with Gasteiger partial charge in [-0.3, -0.25) is 0 Å². The van der Waals surface area contributed by atoms with Crippen molar-refractivity contribution in [1.29, 1.82) is 0 Å². The van der Waals surface area contributed by atoms with Gasteiger partial charge in [-0.25, -0.2) is 9.59 Å². The van der Waals surface area contributed by atoms with Crippen LogP contribution in [0.3, 0.4) is 0 Å². The van der Waals surface area contributed by atoms with Crippen molar-refractivity contribution in [2.45, 2.75) is 45.4 Å². The Kier molecular flexibility index (Phi) is 7.55. The van der Waals surface area contributed by atoms with E-state index in [2.05, 4.69) is 11.2 Å². The highest BCUT2D eigenvalue weighted by Crippen LogP contribution is 2.04. The summed E-state index contributed by atoms with van der Waals surface area (Å²) < 4.78 is 10.2. The average molecular weight is 303 g/mol. The lowest BCUT2D eigenvalue weighted by Crippen LogP contribution is -2.42. The molecule has 118 valence electrons. The number of carbonyl (C=O) groups is 2.